The van der Waals surface area contributed by atoms with Crippen LogP contribution < -0.4 is 4.74 Å². The van der Waals surface area contributed by atoms with E-state index < -0.39 is 0 Å². The van der Waals surface area contributed by atoms with Gasteiger partial charge >= 0.3 is 0 Å². The smallest absolute Gasteiger partial charge is 0.169 e. The van der Waals surface area contributed by atoms with Crippen LogP contribution in [0, 0.1) is 19.3 Å². The largest absolute Gasteiger partial charge is 0.476 e. The van der Waals surface area contributed by atoms with E-state index in [4.69, 9.17) is 11.2 Å². The number of ether oxygens (including phenoxy) is 1. The molecule has 1 heterocycles. The van der Waals surface area contributed by atoms with Crippen molar-refractivity contribution in [3.05, 3.63) is 53.6 Å². The maximum absolute atomic E-state index is 5.97. The summed E-state index contributed by atoms with van der Waals surface area (Å²) in [5.74, 6) is 3.88. The minimum atomic E-state index is -0.193. The Morgan fingerprint density at radius 1 is 1.32 bits per heavy atom. The standard InChI is InChI=1S/C18H16O/c1-4-8-15-16-11-13-9-6-7-10-14(13)12(3)18(16)19-17(15)5-2/h2,4,6-11,15,17H,1,3H3/b8-4-. The van der Waals surface area contributed by atoms with Gasteiger partial charge in [0.25, 0.3) is 0 Å². The van der Waals surface area contributed by atoms with Gasteiger partial charge in [0.2, 0.25) is 0 Å². The Labute approximate surface area is 113 Å². The third-order valence-electron chi connectivity index (χ3n) is 3.77. The number of rotatable bonds is 1. The first kappa shape index (κ1) is 11.9. The molecule has 0 fully saturated rings. The van der Waals surface area contributed by atoms with Crippen molar-refractivity contribution in [2.45, 2.75) is 25.9 Å². The molecule has 3 rings (SSSR count). The number of aryl methyl sites for hydroxylation is 1. The quantitative estimate of drug-likeness (QED) is 0.543. The van der Waals surface area contributed by atoms with Crippen molar-refractivity contribution in [3.8, 4) is 18.1 Å². The van der Waals surface area contributed by atoms with Gasteiger partial charge in [-0.15, -0.1) is 6.42 Å². The molecule has 0 saturated carbocycles. The molecule has 94 valence electrons. The topological polar surface area (TPSA) is 9.23 Å². The van der Waals surface area contributed by atoms with Gasteiger partial charge in [-0.3, -0.25) is 0 Å². The van der Waals surface area contributed by atoms with Crippen LogP contribution in [0.4, 0.5) is 0 Å². The first-order valence-corrected chi connectivity index (χ1v) is 6.54. The number of benzene rings is 2. The molecule has 0 bridgehead atoms. The molecular weight excluding hydrogens is 232 g/mol. The molecule has 1 aliphatic heterocycles. The van der Waals surface area contributed by atoms with E-state index in [-0.39, 0.29) is 12.0 Å². The lowest BCUT2D eigenvalue weighted by Crippen LogP contribution is -2.14. The Morgan fingerprint density at radius 3 is 2.84 bits per heavy atom. The highest BCUT2D eigenvalue weighted by Crippen LogP contribution is 2.44. The summed E-state index contributed by atoms with van der Waals surface area (Å²) in [6.45, 7) is 4.12. The molecule has 0 N–H and O–H groups in total. The maximum atomic E-state index is 5.97. The number of hydrogen-bond acceptors (Lipinski definition) is 1. The predicted molar refractivity (Wildman–Crippen MR) is 79.5 cm³/mol. The Hall–Kier alpha value is -2.20. The van der Waals surface area contributed by atoms with Gasteiger partial charge in [-0.1, -0.05) is 42.3 Å². The van der Waals surface area contributed by atoms with Crippen LogP contribution >= 0.6 is 0 Å². The fourth-order valence-electron chi connectivity index (χ4n) is 2.85. The molecule has 0 amide bonds. The molecule has 2 atom stereocenters. The molecule has 1 aliphatic rings. The second kappa shape index (κ2) is 4.48. The highest BCUT2D eigenvalue weighted by molar-refractivity contribution is 5.89. The van der Waals surface area contributed by atoms with Crippen LogP contribution in [0.5, 0.6) is 5.75 Å². The molecular formula is C18H16O. The first-order chi connectivity index (χ1) is 9.26. The minimum absolute atomic E-state index is 0.160. The lowest BCUT2D eigenvalue weighted by atomic mass is 9.91. The van der Waals surface area contributed by atoms with E-state index in [0.29, 0.717) is 0 Å². The summed E-state index contributed by atoms with van der Waals surface area (Å²) in [4.78, 5) is 0. The average Bonchev–Trinajstić information content (AvgIpc) is 2.78. The molecule has 0 aromatic heterocycles. The van der Waals surface area contributed by atoms with Crippen LogP contribution in [0.1, 0.15) is 24.0 Å². The van der Waals surface area contributed by atoms with Crippen LogP contribution in [0.15, 0.2) is 42.5 Å². The summed E-state index contributed by atoms with van der Waals surface area (Å²) in [5, 5.41) is 2.48. The van der Waals surface area contributed by atoms with E-state index in [0.717, 1.165) is 5.75 Å². The molecule has 2 aromatic rings. The molecule has 2 unspecified atom stereocenters. The molecule has 0 aliphatic carbocycles. The number of fused-ring (bicyclic) bond motifs is 2. The Balaban J connectivity index is 2.28. The van der Waals surface area contributed by atoms with Crippen LogP contribution in [-0.2, 0) is 0 Å². The normalized spacial score (nSPS) is 21.3. The van der Waals surface area contributed by atoms with Gasteiger partial charge in [-0.05, 0) is 36.2 Å². The van der Waals surface area contributed by atoms with Crippen molar-refractivity contribution >= 4 is 10.8 Å². The average molecular weight is 248 g/mol. The van der Waals surface area contributed by atoms with Crippen molar-refractivity contribution in [1.29, 1.82) is 0 Å². The summed E-state index contributed by atoms with van der Waals surface area (Å²) in [5.41, 5.74) is 2.39. The molecule has 0 radical (unpaired) electrons. The third kappa shape index (κ3) is 1.72. The number of terminal acetylenes is 1. The molecule has 0 spiro atoms. The third-order valence-corrected chi connectivity index (χ3v) is 3.77. The van der Waals surface area contributed by atoms with Crippen molar-refractivity contribution in [2.24, 2.45) is 0 Å². The lowest BCUT2D eigenvalue weighted by molar-refractivity contribution is 0.279. The Bertz CT molecular complexity index is 703. The lowest BCUT2D eigenvalue weighted by Gasteiger charge is -2.08. The molecule has 1 heteroatoms. The second-order valence-electron chi connectivity index (χ2n) is 4.90. The SMILES string of the molecule is C#CC1Oc2c(cc3ccccc3c2C)C1/C=C\C. The number of allylic oxidation sites excluding steroid dienone is 1. The first-order valence-electron chi connectivity index (χ1n) is 6.54. The fourth-order valence-corrected chi connectivity index (χ4v) is 2.85. The van der Waals surface area contributed by atoms with Crippen molar-refractivity contribution in [1.82, 2.24) is 0 Å². The molecule has 2 aromatic carbocycles. The summed E-state index contributed by atoms with van der Waals surface area (Å²) < 4.78 is 5.97. The van der Waals surface area contributed by atoms with Crippen molar-refractivity contribution in [3.63, 3.8) is 0 Å². The van der Waals surface area contributed by atoms with Gasteiger partial charge in [0.15, 0.2) is 6.10 Å². The second-order valence-corrected chi connectivity index (χ2v) is 4.90. The predicted octanol–water partition coefficient (Wildman–Crippen LogP) is 4.20. The summed E-state index contributed by atoms with van der Waals surface area (Å²) in [6, 6.07) is 10.6. The van der Waals surface area contributed by atoms with E-state index in [9.17, 15) is 0 Å². The summed E-state index contributed by atoms with van der Waals surface area (Å²) in [6.07, 6.45) is 9.58. The fraction of sp³-hybridized carbons (Fsp3) is 0.222. The van der Waals surface area contributed by atoms with Gasteiger partial charge in [0.05, 0.1) is 5.92 Å². The van der Waals surface area contributed by atoms with E-state index in [2.05, 4.69) is 49.3 Å². The molecule has 0 saturated heterocycles. The zero-order valence-corrected chi connectivity index (χ0v) is 11.2. The Morgan fingerprint density at radius 2 is 2.11 bits per heavy atom. The van der Waals surface area contributed by atoms with E-state index in [1.807, 2.05) is 13.0 Å². The maximum Gasteiger partial charge on any atom is 0.169 e. The zero-order valence-electron chi connectivity index (χ0n) is 11.2. The van der Waals surface area contributed by atoms with Crippen LogP contribution in [-0.4, -0.2) is 6.10 Å². The van der Waals surface area contributed by atoms with Gasteiger partial charge < -0.3 is 4.74 Å². The van der Waals surface area contributed by atoms with Crippen molar-refractivity contribution in [2.75, 3.05) is 0 Å². The monoisotopic (exact) mass is 248 g/mol. The molecule has 1 nitrogen and oxygen atoms in total. The van der Waals surface area contributed by atoms with Gasteiger partial charge in [-0.2, -0.15) is 0 Å². The van der Waals surface area contributed by atoms with Crippen LogP contribution in [0.2, 0.25) is 0 Å². The highest BCUT2D eigenvalue weighted by Gasteiger charge is 2.32. The Kier molecular flexibility index (Phi) is 2.80. The minimum Gasteiger partial charge on any atom is -0.476 e. The van der Waals surface area contributed by atoms with Gasteiger partial charge in [0.1, 0.15) is 5.75 Å². The zero-order chi connectivity index (χ0) is 13.4. The van der Waals surface area contributed by atoms with Gasteiger partial charge in [0, 0.05) is 5.56 Å². The number of hydrogen-bond donors (Lipinski definition) is 0. The van der Waals surface area contributed by atoms with E-state index in [1.165, 1.54) is 21.9 Å². The summed E-state index contributed by atoms with van der Waals surface area (Å²) in [7, 11) is 0. The van der Waals surface area contributed by atoms with Crippen LogP contribution in [0.25, 0.3) is 10.8 Å². The van der Waals surface area contributed by atoms with E-state index >= 15 is 0 Å². The van der Waals surface area contributed by atoms with E-state index in [1.54, 1.807) is 0 Å². The van der Waals surface area contributed by atoms with Crippen LogP contribution in [0.3, 0.4) is 0 Å². The highest BCUT2D eigenvalue weighted by atomic mass is 16.5. The molecule has 19 heavy (non-hydrogen) atoms. The van der Waals surface area contributed by atoms with Gasteiger partial charge in [-0.25, -0.2) is 0 Å². The van der Waals surface area contributed by atoms with Crippen molar-refractivity contribution < 1.29 is 4.74 Å². The summed E-state index contributed by atoms with van der Waals surface area (Å²) >= 11 is 0.